The van der Waals surface area contributed by atoms with Crippen molar-refractivity contribution in [1.82, 2.24) is 4.57 Å². The Morgan fingerprint density at radius 2 is 2.14 bits per heavy atom. The molecule has 0 bridgehead atoms. The van der Waals surface area contributed by atoms with Gasteiger partial charge in [0.1, 0.15) is 11.8 Å². The van der Waals surface area contributed by atoms with E-state index < -0.39 is 5.97 Å². The highest BCUT2D eigenvalue weighted by atomic mass is 79.9. The van der Waals surface area contributed by atoms with E-state index in [1.807, 2.05) is 6.07 Å². The van der Waals surface area contributed by atoms with Crippen LogP contribution in [0.2, 0.25) is 5.02 Å². The SMILES string of the molecule is COC(=O)c1c(N)c(C#N)cn1-c1cc(OC)c(Cl)cc1Br. The third-order valence-corrected chi connectivity index (χ3v) is 3.95. The van der Waals surface area contributed by atoms with E-state index in [0.29, 0.717) is 20.9 Å². The van der Waals surface area contributed by atoms with Crippen LogP contribution in [-0.2, 0) is 4.74 Å². The highest BCUT2D eigenvalue weighted by molar-refractivity contribution is 9.10. The fraction of sp³-hybridized carbons (Fsp3) is 0.143. The van der Waals surface area contributed by atoms with E-state index in [9.17, 15) is 4.79 Å². The van der Waals surface area contributed by atoms with Gasteiger partial charge in [-0.15, -0.1) is 0 Å². The van der Waals surface area contributed by atoms with Crippen LogP contribution < -0.4 is 10.5 Å². The van der Waals surface area contributed by atoms with E-state index in [0.717, 1.165) is 0 Å². The van der Waals surface area contributed by atoms with Crippen molar-refractivity contribution in [2.75, 3.05) is 20.0 Å². The summed E-state index contributed by atoms with van der Waals surface area (Å²) >= 11 is 9.42. The number of anilines is 1. The van der Waals surface area contributed by atoms with E-state index in [1.54, 1.807) is 12.1 Å². The molecule has 2 aromatic rings. The summed E-state index contributed by atoms with van der Waals surface area (Å²) in [6, 6.07) is 5.19. The molecule has 2 N–H and O–H groups in total. The number of hydrogen-bond acceptors (Lipinski definition) is 5. The highest BCUT2D eigenvalue weighted by Gasteiger charge is 2.23. The predicted octanol–water partition coefficient (Wildman–Crippen LogP) is 3.14. The maximum absolute atomic E-state index is 12.0. The minimum absolute atomic E-state index is 0.0511. The lowest BCUT2D eigenvalue weighted by atomic mass is 10.2. The molecule has 6 nitrogen and oxygen atoms in total. The number of esters is 1. The molecule has 0 atom stereocenters. The largest absolute Gasteiger partial charge is 0.495 e. The first kappa shape index (κ1) is 16.2. The Labute approximate surface area is 140 Å². The molecular formula is C14H11BrClN3O3. The van der Waals surface area contributed by atoms with Crippen LogP contribution in [-0.4, -0.2) is 24.8 Å². The zero-order valence-electron chi connectivity index (χ0n) is 11.7. The second kappa shape index (κ2) is 6.30. The van der Waals surface area contributed by atoms with Crippen LogP contribution in [0, 0.1) is 11.3 Å². The molecule has 22 heavy (non-hydrogen) atoms. The Hall–Kier alpha value is -2.17. The number of ether oxygens (including phenoxy) is 2. The lowest BCUT2D eigenvalue weighted by Crippen LogP contribution is -2.11. The summed E-state index contributed by atoms with van der Waals surface area (Å²) in [7, 11) is 2.72. The average molecular weight is 385 g/mol. The molecule has 0 fully saturated rings. The fourth-order valence-electron chi connectivity index (χ4n) is 1.96. The van der Waals surface area contributed by atoms with Crippen molar-refractivity contribution in [2.45, 2.75) is 0 Å². The number of carbonyl (C=O) groups excluding carboxylic acids is 1. The summed E-state index contributed by atoms with van der Waals surface area (Å²) in [6.07, 6.45) is 1.45. The lowest BCUT2D eigenvalue weighted by molar-refractivity contribution is 0.0593. The topological polar surface area (TPSA) is 90.3 Å². The quantitative estimate of drug-likeness (QED) is 0.821. The number of benzene rings is 1. The van der Waals surface area contributed by atoms with Crippen LogP contribution in [0.1, 0.15) is 16.1 Å². The third-order valence-electron chi connectivity index (χ3n) is 3.02. The molecule has 0 spiro atoms. The van der Waals surface area contributed by atoms with Gasteiger partial charge in [0.2, 0.25) is 0 Å². The number of nitrogens with zero attached hydrogens (tertiary/aromatic N) is 2. The van der Waals surface area contributed by atoms with E-state index >= 15 is 0 Å². The second-order valence-corrected chi connectivity index (χ2v) is 5.48. The van der Waals surface area contributed by atoms with Crippen molar-refractivity contribution in [1.29, 1.82) is 5.26 Å². The highest BCUT2D eigenvalue weighted by Crippen LogP contribution is 2.35. The molecule has 0 aliphatic carbocycles. The Morgan fingerprint density at radius 3 is 2.68 bits per heavy atom. The molecule has 0 unspecified atom stereocenters. The molecule has 1 aromatic carbocycles. The molecule has 0 radical (unpaired) electrons. The van der Waals surface area contributed by atoms with Crippen molar-refractivity contribution < 1.29 is 14.3 Å². The first-order chi connectivity index (χ1) is 10.4. The number of methoxy groups -OCH3 is 2. The van der Waals surface area contributed by atoms with Crippen LogP contribution in [0.15, 0.2) is 22.8 Å². The molecule has 0 aliphatic rings. The van der Waals surface area contributed by atoms with Gasteiger partial charge in [-0.1, -0.05) is 11.6 Å². The van der Waals surface area contributed by atoms with Crippen LogP contribution in [0.25, 0.3) is 5.69 Å². The maximum atomic E-state index is 12.0. The monoisotopic (exact) mass is 383 g/mol. The maximum Gasteiger partial charge on any atom is 0.357 e. The summed E-state index contributed by atoms with van der Waals surface area (Å²) in [4.78, 5) is 12.0. The van der Waals surface area contributed by atoms with E-state index in [4.69, 9.17) is 32.1 Å². The van der Waals surface area contributed by atoms with E-state index in [2.05, 4.69) is 15.9 Å². The van der Waals surface area contributed by atoms with E-state index in [1.165, 1.54) is 25.0 Å². The summed E-state index contributed by atoms with van der Waals surface area (Å²) in [6.45, 7) is 0. The Kier molecular flexibility index (Phi) is 4.64. The summed E-state index contributed by atoms with van der Waals surface area (Å²) in [5, 5.41) is 9.52. The smallest absolute Gasteiger partial charge is 0.357 e. The lowest BCUT2D eigenvalue weighted by Gasteiger charge is -2.13. The number of nitrogens with two attached hydrogens (primary N) is 1. The number of hydrogen-bond donors (Lipinski definition) is 1. The van der Waals surface area contributed by atoms with Gasteiger partial charge in [0.05, 0.1) is 36.2 Å². The van der Waals surface area contributed by atoms with Gasteiger partial charge in [-0.2, -0.15) is 5.26 Å². The zero-order valence-corrected chi connectivity index (χ0v) is 14.0. The van der Waals surface area contributed by atoms with Crippen LogP contribution in [0.5, 0.6) is 5.75 Å². The number of halogens is 2. The number of carbonyl (C=O) groups is 1. The zero-order chi connectivity index (χ0) is 16.4. The first-order valence-corrected chi connectivity index (χ1v) is 7.14. The summed E-state index contributed by atoms with van der Waals surface area (Å²) in [5.41, 5.74) is 6.68. The van der Waals surface area contributed by atoms with Crippen molar-refractivity contribution >= 4 is 39.2 Å². The Morgan fingerprint density at radius 1 is 1.45 bits per heavy atom. The second-order valence-electron chi connectivity index (χ2n) is 4.22. The minimum atomic E-state index is -0.653. The number of aromatic nitrogens is 1. The molecule has 1 heterocycles. The van der Waals surface area contributed by atoms with Gasteiger partial charge >= 0.3 is 5.97 Å². The fourth-order valence-corrected chi connectivity index (χ4v) is 2.87. The van der Waals surface area contributed by atoms with Crippen molar-refractivity contribution in [2.24, 2.45) is 0 Å². The van der Waals surface area contributed by atoms with Crippen LogP contribution >= 0.6 is 27.5 Å². The molecule has 2 rings (SSSR count). The standard InChI is InChI=1S/C14H11BrClN3O3/c1-21-11-4-10(8(15)3-9(11)16)19-6-7(5-17)12(18)13(19)14(20)22-2/h3-4,6H,18H2,1-2H3. The Balaban J connectivity index is 2.78. The first-order valence-electron chi connectivity index (χ1n) is 5.97. The molecule has 8 heteroatoms. The minimum Gasteiger partial charge on any atom is -0.495 e. The molecule has 114 valence electrons. The van der Waals surface area contributed by atoms with Crippen LogP contribution in [0.4, 0.5) is 5.69 Å². The van der Waals surface area contributed by atoms with E-state index in [-0.39, 0.29) is 16.9 Å². The van der Waals surface area contributed by atoms with Gasteiger partial charge in [0, 0.05) is 16.7 Å². The number of nitrogen functional groups attached to an aromatic ring is 1. The van der Waals surface area contributed by atoms with Gasteiger partial charge in [-0.05, 0) is 22.0 Å². The molecular weight excluding hydrogens is 374 g/mol. The van der Waals surface area contributed by atoms with Crippen molar-refractivity contribution in [3.8, 4) is 17.5 Å². The van der Waals surface area contributed by atoms with Gasteiger partial charge in [-0.3, -0.25) is 0 Å². The molecule has 0 aliphatic heterocycles. The molecule has 0 amide bonds. The van der Waals surface area contributed by atoms with Gasteiger partial charge in [-0.25, -0.2) is 4.79 Å². The molecule has 0 saturated carbocycles. The van der Waals surface area contributed by atoms with Crippen molar-refractivity contribution in [3.63, 3.8) is 0 Å². The number of nitriles is 1. The molecule has 0 saturated heterocycles. The average Bonchev–Trinajstić information content (AvgIpc) is 2.83. The van der Waals surface area contributed by atoms with Gasteiger partial charge < -0.3 is 19.8 Å². The predicted molar refractivity (Wildman–Crippen MR) is 85.5 cm³/mol. The third kappa shape index (κ3) is 2.63. The summed E-state index contributed by atoms with van der Waals surface area (Å²) in [5.74, 6) is -0.235. The van der Waals surface area contributed by atoms with Gasteiger partial charge in [0.25, 0.3) is 0 Å². The molecule has 1 aromatic heterocycles. The van der Waals surface area contributed by atoms with Gasteiger partial charge in [0.15, 0.2) is 5.69 Å². The summed E-state index contributed by atoms with van der Waals surface area (Å²) < 4.78 is 12.0. The normalized spacial score (nSPS) is 10.1. The number of rotatable bonds is 3. The Bertz CT molecular complexity index is 796. The van der Waals surface area contributed by atoms with Crippen LogP contribution in [0.3, 0.4) is 0 Å². The van der Waals surface area contributed by atoms with Crippen molar-refractivity contribution in [3.05, 3.63) is 39.1 Å².